The topological polar surface area (TPSA) is 91.3 Å². The Balaban J connectivity index is 1.57. The van der Waals surface area contributed by atoms with Gasteiger partial charge in [0.05, 0.1) is 24.5 Å². The Bertz CT molecular complexity index is 1140. The SMILES string of the molecule is COc1cc2c(N3CCN(S(=O)(=O)C(C)C)CC3)nc(N(C)C)nc2cc1OCCCN1CCCC1. The molecule has 0 bridgehead atoms. The van der Waals surface area contributed by atoms with Gasteiger partial charge in [-0.15, -0.1) is 0 Å². The van der Waals surface area contributed by atoms with Gasteiger partial charge < -0.3 is 24.2 Å². The van der Waals surface area contributed by atoms with Crippen LogP contribution in [0.4, 0.5) is 11.8 Å². The predicted molar refractivity (Wildman–Crippen MR) is 144 cm³/mol. The number of aromatic nitrogens is 2. The Labute approximate surface area is 215 Å². The second kappa shape index (κ2) is 11.4. The van der Waals surface area contributed by atoms with Crippen LogP contribution in [0.15, 0.2) is 12.1 Å². The summed E-state index contributed by atoms with van der Waals surface area (Å²) in [4.78, 5) is 16.1. The van der Waals surface area contributed by atoms with E-state index in [1.807, 2.05) is 31.1 Å². The highest BCUT2D eigenvalue weighted by Crippen LogP contribution is 2.37. The smallest absolute Gasteiger partial charge is 0.227 e. The largest absolute Gasteiger partial charge is 0.493 e. The van der Waals surface area contributed by atoms with Gasteiger partial charge in [-0.25, -0.2) is 13.4 Å². The lowest BCUT2D eigenvalue weighted by Crippen LogP contribution is -2.50. The molecule has 4 rings (SSSR count). The molecule has 2 aliphatic rings. The highest BCUT2D eigenvalue weighted by Gasteiger charge is 2.30. The molecule has 0 amide bonds. The summed E-state index contributed by atoms with van der Waals surface area (Å²) in [6.45, 7) is 9.45. The number of nitrogens with zero attached hydrogens (tertiary/aromatic N) is 6. The Morgan fingerprint density at radius 1 is 1.00 bits per heavy atom. The molecule has 0 aliphatic carbocycles. The number of benzene rings is 1. The van der Waals surface area contributed by atoms with E-state index < -0.39 is 15.3 Å². The van der Waals surface area contributed by atoms with Crippen LogP contribution in [-0.4, -0.2) is 106 Å². The summed E-state index contributed by atoms with van der Waals surface area (Å²) in [5.41, 5.74) is 0.774. The predicted octanol–water partition coefficient (Wildman–Crippen LogP) is 2.43. The molecule has 36 heavy (non-hydrogen) atoms. The molecule has 2 aliphatic heterocycles. The standard InChI is InChI=1S/C25H40N6O4S/c1-19(2)36(32,33)31-14-12-30(13-15-31)24-20-17-22(34-5)23(18-21(20)26-25(27-24)28(3)4)35-16-8-11-29-9-6-7-10-29/h17-19H,6-16H2,1-5H3. The quantitative estimate of drug-likeness (QED) is 0.438. The van der Waals surface area contributed by atoms with Crippen molar-refractivity contribution in [1.29, 1.82) is 0 Å². The van der Waals surface area contributed by atoms with Crippen molar-refractivity contribution in [3.8, 4) is 11.5 Å². The molecule has 0 unspecified atom stereocenters. The Morgan fingerprint density at radius 2 is 1.69 bits per heavy atom. The zero-order valence-electron chi connectivity index (χ0n) is 22.2. The normalized spacial score (nSPS) is 17.8. The molecule has 3 heterocycles. The van der Waals surface area contributed by atoms with Gasteiger partial charge in [0, 0.05) is 58.3 Å². The first-order chi connectivity index (χ1) is 17.2. The van der Waals surface area contributed by atoms with Crippen molar-refractivity contribution < 1.29 is 17.9 Å². The summed E-state index contributed by atoms with van der Waals surface area (Å²) in [5.74, 6) is 2.70. The maximum Gasteiger partial charge on any atom is 0.227 e. The molecule has 1 aromatic carbocycles. The van der Waals surface area contributed by atoms with Crippen molar-refractivity contribution >= 4 is 32.7 Å². The fourth-order valence-electron chi connectivity index (χ4n) is 4.75. The molecular formula is C25H40N6O4S. The van der Waals surface area contributed by atoms with Crippen LogP contribution in [0.2, 0.25) is 0 Å². The minimum absolute atomic E-state index is 0.428. The molecule has 0 saturated carbocycles. The average Bonchev–Trinajstić information content (AvgIpc) is 3.39. The van der Waals surface area contributed by atoms with Crippen molar-refractivity contribution in [2.45, 2.75) is 38.4 Å². The van der Waals surface area contributed by atoms with E-state index in [0.29, 0.717) is 50.2 Å². The monoisotopic (exact) mass is 520 g/mol. The summed E-state index contributed by atoms with van der Waals surface area (Å²) >= 11 is 0. The second-order valence-corrected chi connectivity index (χ2v) is 12.5. The number of ether oxygens (including phenoxy) is 2. The fourth-order valence-corrected chi connectivity index (χ4v) is 6.02. The molecule has 0 spiro atoms. The first kappa shape index (κ1) is 26.7. The first-order valence-corrected chi connectivity index (χ1v) is 14.4. The summed E-state index contributed by atoms with van der Waals surface area (Å²) in [5, 5.41) is 0.435. The van der Waals surface area contributed by atoms with E-state index in [1.165, 1.54) is 25.9 Å². The third-order valence-corrected chi connectivity index (χ3v) is 9.19. The fraction of sp³-hybridized carbons (Fsp3) is 0.680. The molecule has 11 heteroatoms. The second-order valence-electron chi connectivity index (χ2n) is 9.99. The lowest BCUT2D eigenvalue weighted by Gasteiger charge is -2.36. The van der Waals surface area contributed by atoms with Gasteiger partial charge >= 0.3 is 0 Å². The maximum absolute atomic E-state index is 12.6. The number of piperazine rings is 1. The third kappa shape index (κ3) is 5.78. The molecule has 1 aromatic heterocycles. The summed E-state index contributed by atoms with van der Waals surface area (Å²) < 4.78 is 38.7. The number of hydrogen-bond acceptors (Lipinski definition) is 9. The molecule has 0 atom stereocenters. The Kier molecular flexibility index (Phi) is 8.41. The number of fused-ring (bicyclic) bond motifs is 1. The van der Waals surface area contributed by atoms with Gasteiger partial charge in [0.15, 0.2) is 11.5 Å². The number of sulfonamides is 1. The number of rotatable bonds is 10. The van der Waals surface area contributed by atoms with E-state index >= 15 is 0 Å². The highest BCUT2D eigenvalue weighted by molar-refractivity contribution is 7.89. The van der Waals surface area contributed by atoms with E-state index in [2.05, 4.69) is 9.80 Å². The lowest BCUT2D eigenvalue weighted by atomic mass is 10.2. The zero-order chi connectivity index (χ0) is 25.9. The van der Waals surface area contributed by atoms with Crippen molar-refractivity contribution in [1.82, 2.24) is 19.2 Å². The van der Waals surface area contributed by atoms with Crippen LogP contribution in [0, 0.1) is 0 Å². The average molecular weight is 521 g/mol. The Hall–Kier alpha value is -2.37. The van der Waals surface area contributed by atoms with E-state index in [4.69, 9.17) is 19.4 Å². The number of methoxy groups -OCH3 is 1. The number of likely N-dealkylation sites (tertiary alicyclic amines) is 1. The molecule has 2 aromatic rings. The zero-order valence-corrected chi connectivity index (χ0v) is 23.1. The van der Waals surface area contributed by atoms with E-state index in [1.54, 1.807) is 25.3 Å². The number of anilines is 2. The van der Waals surface area contributed by atoms with Gasteiger partial charge in [-0.05, 0) is 52.3 Å². The third-order valence-electron chi connectivity index (χ3n) is 6.92. The van der Waals surface area contributed by atoms with Gasteiger partial charge in [-0.1, -0.05) is 0 Å². The summed E-state index contributed by atoms with van der Waals surface area (Å²) in [6, 6.07) is 3.87. The van der Waals surface area contributed by atoms with Crippen LogP contribution in [0.25, 0.3) is 10.9 Å². The van der Waals surface area contributed by atoms with Gasteiger partial charge in [0.25, 0.3) is 0 Å². The molecule has 10 nitrogen and oxygen atoms in total. The van der Waals surface area contributed by atoms with Gasteiger partial charge in [0.1, 0.15) is 5.82 Å². The summed E-state index contributed by atoms with van der Waals surface area (Å²) in [7, 11) is 2.19. The molecule has 2 fully saturated rings. The maximum atomic E-state index is 12.6. The summed E-state index contributed by atoms with van der Waals surface area (Å²) in [6.07, 6.45) is 3.54. The minimum Gasteiger partial charge on any atom is -0.493 e. The van der Waals surface area contributed by atoms with Crippen molar-refractivity contribution in [3.63, 3.8) is 0 Å². The van der Waals surface area contributed by atoms with Crippen LogP contribution in [-0.2, 0) is 10.0 Å². The highest BCUT2D eigenvalue weighted by atomic mass is 32.2. The van der Waals surface area contributed by atoms with Crippen LogP contribution in [0.5, 0.6) is 11.5 Å². The van der Waals surface area contributed by atoms with E-state index in [9.17, 15) is 8.42 Å². The number of hydrogen-bond donors (Lipinski definition) is 0. The van der Waals surface area contributed by atoms with E-state index in [-0.39, 0.29) is 0 Å². The first-order valence-electron chi connectivity index (χ1n) is 12.9. The molecular weight excluding hydrogens is 480 g/mol. The van der Waals surface area contributed by atoms with Crippen molar-refractivity contribution in [2.24, 2.45) is 0 Å². The van der Waals surface area contributed by atoms with E-state index in [0.717, 1.165) is 29.7 Å². The molecule has 2 saturated heterocycles. The van der Waals surface area contributed by atoms with Crippen LogP contribution >= 0.6 is 0 Å². The van der Waals surface area contributed by atoms with Crippen LogP contribution in [0.1, 0.15) is 33.1 Å². The molecule has 0 N–H and O–H groups in total. The minimum atomic E-state index is -3.28. The molecule has 200 valence electrons. The van der Waals surface area contributed by atoms with Gasteiger partial charge in [-0.2, -0.15) is 9.29 Å². The lowest BCUT2D eigenvalue weighted by molar-refractivity contribution is 0.254. The van der Waals surface area contributed by atoms with Crippen LogP contribution in [0.3, 0.4) is 0 Å². The van der Waals surface area contributed by atoms with Crippen molar-refractivity contribution in [2.75, 3.05) is 83.4 Å². The van der Waals surface area contributed by atoms with Gasteiger partial charge in [0.2, 0.25) is 16.0 Å². The van der Waals surface area contributed by atoms with Crippen LogP contribution < -0.4 is 19.3 Å². The molecule has 0 radical (unpaired) electrons. The van der Waals surface area contributed by atoms with Gasteiger partial charge in [-0.3, -0.25) is 0 Å². The van der Waals surface area contributed by atoms with Crippen molar-refractivity contribution in [3.05, 3.63) is 12.1 Å². The Morgan fingerprint density at radius 3 is 2.31 bits per heavy atom.